The molecule has 1 rings (SSSR count). The summed E-state index contributed by atoms with van der Waals surface area (Å²) in [5.41, 5.74) is 5.82. The van der Waals surface area contributed by atoms with Gasteiger partial charge in [0.2, 0.25) is 11.8 Å². The Labute approximate surface area is 115 Å². The maximum Gasteiger partial charge on any atom is 0.222 e. The van der Waals surface area contributed by atoms with Crippen LogP contribution in [0.15, 0.2) is 0 Å². The number of halogens is 1. The highest BCUT2D eigenvalue weighted by molar-refractivity contribution is 5.85. The standard InChI is InChI=1S/C12H23N3O2.ClH/c1-2-14-11(16)6-3-7-12(17)15-8-4-5-10(13)9-15;/h10H,2-9,13H2,1H3,(H,14,16);1H. The fraction of sp³-hybridized carbons (Fsp3) is 0.833. The Hall–Kier alpha value is -0.810. The fourth-order valence-corrected chi connectivity index (χ4v) is 2.08. The van der Waals surface area contributed by atoms with Crippen LogP contribution in [-0.2, 0) is 9.59 Å². The van der Waals surface area contributed by atoms with E-state index in [9.17, 15) is 9.59 Å². The number of rotatable bonds is 5. The van der Waals surface area contributed by atoms with Crippen LogP contribution >= 0.6 is 12.4 Å². The van der Waals surface area contributed by atoms with E-state index in [1.54, 1.807) is 0 Å². The summed E-state index contributed by atoms with van der Waals surface area (Å²) < 4.78 is 0. The number of piperidine rings is 1. The van der Waals surface area contributed by atoms with E-state index in [-0.39, 0.29) is 30.3 Å². The summed E-state index contributed by atoms with van der Waals surface area (Å²) >= 11 is 0. The molecule has 1 fully saturated rings. The Morgan fingerprint density at radius 1 is 1.39 bits per heavy atom. The molecule has 0 aliphatic carbocycles. The van der Waals surface area contributed by atoms with Crippen LogP contribution in [-0.4, -0.2) is 42.4 Å². The van der Waals surface area contributed by atoms with Gasteiger partial charge in [-0.1, -0.05) is 0 Å². The molecular weight excluding hydrogens is 254 g/mol. The zero-order valence-electron chi connectivity index (χ0n) is 11.0. The molecule has 1 unspecified atom stereocenters. The average molecular weight is 278 g/mol. The van der Waals surface area contributed by atoms with Crippen molar-refractivity contribution in [1.29, 1.82) is 0 Å². The first kappa shape index (κ1) is 17.2. The summed E-state index contributed by atoms with van der Waals surface area (Å²) in [7, 11) is 0. The van der Waals surface area contributed by atoms with Gasteiger partial charge in [-0.3, -0.25) is 9.59 Å². The Balaban J connectivity index is 0.00000289. The summed E-state index contributed by atoms with van der Waals surface area (Å²) in [5.74, 6) is 0.153. The van der Waals surface area contributed by atoms with E-state index >= 15 is 0 Å². The predicted octanol–water partition coefficient (Wildman–Crippen LogP) is 0.664. The number of amides is 2. The number of carbonyl (C=O) groups excluding carboxylic acids is 2. The van der Waals surface area contributed by atoms with Crippen molar-refractivity contribution in [2.45, 2.75) is 45.1 Å². The third-order valence-corrected chi connectivity index (χ3v) is 2.98. The molecule has 1 aliphatic heterocycles. The third-order valence-electron chi connectivity index (χ3n) is 2.98. The molecule has 1 heterocycles. The molecule has 5 nitrogen and oxygen atoms in total. The Bertz CT molecular complexity index is 274. The highest BCUT2D eigenvalue weighted by atomic mass is 35.5. The first-order valence-corrected chi connectivity index (χ1v) is 6.43. The highest BCUT2D eigenvalue weighted by Gasteiger charge is 2.20. The van der Waals surface area contributed by atoms with E-state index in [1.807, 2.05) is 11.8 Å². The molecule has 0 saturated carbocycles. The van der Waals surface area contributed by atoms with E-state index in [2.05, 4.69) is 5.32 Å². The van der Waals surface area contributed by atoms with Crippen molar-refractivity contribution < 1.29 is 9.59 Å². The molecule has 0 spiro atoms. The number of nitrogens with two attached hydrogens (primary N) is 1. The third kappa shape index (κ3) is 6.21. The molecule has 2 amide bonds. The van der Waals surface area contributed by atoms with Gasteiger partial charge in [0.25, 0.3) is 0 Å². The Morgan fingerprint density at radius 2 is 2.11 bits per heavy atom. The van der Waals surface area contributed by atoms with E-state index in [4.69, 9.17) is 5.73 Å². The SMILES string of the molecule is CCNC(=O)CCCC(=O)N1CCCC(N)C1.Cl. The zero-order valence-corrected chi connectivity index (χ0v) is 11.8. The topological polar surface area (TPSA) is 75.4 Å². The second kappa shape index (κ2) is 9.16. The van der Waals surface area contributed by atoms with Crippen LogP contribution in [0.1, 0.15) is 39.0 Å². The van der Waals surface area contributed by atoms with Crippen LogP contribution < -0.4 is 11.1 Å². The van der Waals surface area contributed by atoms with Gasteiger partial charge in [0.15, 0.2) is 0 Å². The summed E-state index contributed by atoms with van der Waals surface area (Å²) in [4.78, 5) is 24.8. The molecule has 0 aromatic carbocycles. The van der Waals surface area contributed by atoms with Crippen LogP contribution in [0.4, 0.5) is 0 Å². The molecule has 6 heteroatoms. The van der Waals surface area contributed by atoms with Gasteiger partial charge in [-0.15, -0.1) is 12.4 Å². The van der Waals surface area contributed by atoms with Crippen molar-refractivity contribution in [2.24, 2.45) is 5.73 Å². The van der Waals surface area contributed by atoms with Gasteiger partial charge in [0.05, 0.1) is 0 Å². The van der Waals surface area contributed by atoms with Crippen molar-refractivity contribution >= 4 is 24.2 Å². The van der Waals surface area contributed by atoms with Crippen LogP contribution in [0.3, 0.4) is 0 Å². The highest BCUT2D eigenvalue weighted by Crippen LogP contribution is 2.10. The quantitative estimate of drug-likeness (QED) is 0.775. The molecule has 0 aromatic rings. The maximum absolute atomic E-state index is 11.8. The van der Waals surface area contributed by atoms with Crippen LogP contribution in [0.5, 0.6) is 0 Å². The van der Waals surface area contributed by atoms with Crippen molar-refractivity contribution in [2.75, 3.05) is 19.6 Å². The second-order valence-corrected chi connectivity index (χ2v) is 4.55. The van der Waals surface area contributed by atoms with Crippen molar-refractivity contribution in [3.63, 3.8) is 0 Å². The van der Waals surface area contributed by atoms with Crippen molar-refractivity contribution in [3.8, 4) is 0 Å². The lowest BCUT2D eigenvalue weighted by atomic mass is 10.1. The van der Waals surface area contributed by atoms with E-state index in [1.165, 1.54) is 0 Å². The first-order chi connectivity index (χ1) is 8.13. The molecule has 0 radical (unpaired) electrons. The minimum atomic E-state index is 0. The van der Waals surface area contributed by atoms with Gasteiger partial charge in [-0.25, -0.2) is 0 Å². The maximum atomic E-state index is 11.8. The van der Waals surface area contributed by atoms with Gasteiger partial charge in [0.1, 0.15) is 0 Å². The lowest BCUT2D eigenvalue weighted by Gasteiger charge is -2.30. The lowest BCUT2D eigenvalue weighted by Crippen LogP contribution is -2.45. The first-order valence-electron chi connectivity index (χ1n) is 6.43. The molecular formula is C12H24ClN3O2. The van der Waals surface area contributed by atoms with Crippen molar-refractivity contribution in [1.82, 2.24) is 10.2 Å². The molecule has 18 heavy (non-hydrogen) atoms. The number of hydrogen-bond donors (Lipinski definition) is 2. The van der Waals surface area contributed by atoms with Crippen LogP contribution in [0, 0.1) is 0 Å². The van der Waals surface area contributed by atoms with Crippen LogP contribution in [0.25, 0.3) is 0 Å². The summed E-state index contributed by atoms with van der Waals surface area (Å²) in [6.45, 7) is 4.01. The Morgan fingerprint density at radius 3 is 2.72 bits per heavy atom. The summed E-state index contributed by atoms with van der Waals surface area (Å²) in [6.07, 6.45) is 3.49. The molecule has 3 N–H and O–H groups in total. The smallest absolute Gasteiger partial charge is 0.222 e. The number of nitrogens with one attached hydrogen (secondary N) is 1. The largest absolute Gasteiger partial charge is 0.356 e. The predicted molar refractivity (Wildman–Crippen MR) is 73.6 cm³/mol. The fourth-order valence-electron chi connectivity index (χ4n) is 2.08. The van der Waals surface area contributed by atoms with Gasteiger partial charge in [-0.2, -0.15) is 0 Å². The van der Waals surface area contributed by atoms with E-state index < -0.39 is 0 Å². The van der Waals surface area contributed by atoms with Gasteiger partial charge in [-0.05, 0) is 26.2 Å². The van der Waals surface area contributed by atoms with E-state index in [0.717, 1.165) is 19.4 Å². The van der Waals surface area contributed by atoms with E-state index in [0.29, 0.717) is 32.4 Å². The molecule has 106 valence electrons. The average Bonchev–Trinajstić information content (AvgIpc) is 2.29. The molecule has 1 aliphatic rings. The van der Waals surface area contributed by atoms with Crippen LogP contribution in [0.2, 0.25) is 0 Å². The monoisotopic (exact) mass is 277 g/mol. The molecule has 1 saturated heterocycles. The molecule has 0 bridgehead atoms. The minimum absolute atomic E-state index is 0. The zero-order chi connectivity index (χ0) is 12.7. The number of likely N-dealkylation sites (tertiary alicyclic amines) is 1. The number of hydrogen-bond acceptors (Lipinski definition) is 3. The molecule has 0 aromatic heterocycles. The lowest BCUT2D eigenvalue weighted by molar-refractivity contribution is -0.132. The molecule has 1 atom stereocenters. The summed E-state index contributed by atoms with van der Waals surface area (Å²) in [5, 5.41) is 2.72. The Kier molecular flexibility index (Phi) is 8.75. The second-order valence-electron chi connectivity index (χ2n) is 4.55. The van der Waals surface area contributed by atoms with Crippen molar-refractivity contribution in [3.05, 3.63) is 0 Å². The number of nitrogens with zero attached hydrogens (tertiary/aromatic N) is 1. The number of carbonyl (C=O) groups is 2. The minimum Gasteiger partial charge on any atom is -0.356 e. The van der Waals surface area contributed by atoms with Gasteiger partial charge >= 0.3 is 0 Å². The van der Waals surface area contributed by atoms with Gasteiger partial charge < -0.3 is 16.0 Å². The normalized spacial score (nSPS) is 19.0. The summed E-state index contributed by atoms with van der Waals surface area (Å²) in [6, 6.07) is 0.121. The van der Waals surface area contributed by atoms with Gasteiger partial charge in [0, 0.05) is 38.5 Å².